The highest BCUT2D eigenvalue weighted by Crippen LogP contribution is 2.12. The Hall–Kier alpha value is -0.393. The molecule has 0 aliphatic heterocycles. The summed E-state index contributed by atoms with van der Waals surface area (Å²) in [7, 11) is 0.721. The summed E-state index contributed by atoms with van der Waals surface area (Å²) >= 11 is 0. The van der Waals surface area contributed by atoms with Gasteiger partial charge in [-0.1, -0.05) is 19.6 Å². The SMILES string of the molecule is CC(OCc1[nH]cc(CC#N)[n+]1C)[Si](C)(C)C.[I-]. The Bertz CT molecular complexity index is 420. The third kappa shape index (κ3) is 4.70. The molecular weight excluding hydrogens is 357 g/mol. The summed E-state index contributed by atoms with van der Waals surface area (Å²) in [6.45, 7) is 9.62. The van der Waals surface area contributed by atoms with Gasteiger partial charge in [-0.15, -0.1) is 0 Å². The van der Waals surface area contributed by atoms with Gasteiger partial charge in [0.2, 0.25) is 0 Å². The van der Waals surface area contributed by atoms with Crippen LogP contribution in [0, 0.1) is 11.3 Å². The lowest BCUT2D eigenvalue weighted by atomic mass is 10.3. The Morgan fingerprint density at radius 3 is 2.61 bits per heavy atom. The lowest BCUT2D eigenvalue weighted by molar-refractivity contribution is -0.686. The van der Waals surface area contributed by atoms with E-state index in [2.05, 4.69) is 37.6 Å². The van der Waals surface area contributed by atoms with E-state index >= 15 is 0 Å². The maximum Gasteiger partial charge on any atom is 0.280 e. The normalized spacial score (nSPS) is 12.7. The van der Waals surface area contributed by atoms with E-state index in [9.17, 15) is 0 Å². The van der Waals surface area contributed by atoms with Crippen molar-refractivity contribution in [3.05, 3.63) is 17.7 Å². The molecule has 0 amide bonds. The summed E-state index contributed by atoms with van der Waals surface area (Å²) in [6, 6.07) is 2.15. The van der Waals surface area contributed by atoms with Crippen molar-refractivity contribution in [2.24, 2.45) is 7.05 Å². The number of imidazole rings is 1. The molecule has 0 spiro atoms. The Kier molecular flexibility index (Phi) is 7.10. The molecule has 0 bridgehead atoms. The number of hydrogen-bond donors (Lipinski definition) is 1. The van der Waals surface area contributed by atoms with E-state index in [1.807, 2.05) is 17.8 Å². The van der Waals surface area contributed by atoms with Gasteiger partial charge in [0.1, 0.15) is 19.2 Å². The zero-order valence-corrected chi connectivity index (χ0v) is 14.9. The monoisotopic (exact) mass is 379 g/mol. The van der Waals surface area contributed by atoms with Crippen molar-refractivity contribution in [1.29, 1.82) is 5.26 Å². The molecule has 0 aromatic carbocycles. The number of rotatable bonds is 5. The number of nitriles is 1. The van der Waals surface area contributed by atoms with Crippen LogP contribution in [0.15, 0.2) is 6.20 Å². The van der Waals surface area contributed by atoms with Crippen molar-refractivity contribution in [1.82, 2.24) is 4.98 Å². The van der Waals surface area contributed by atoms with Crippen LogP contribution in [0.3, 0.4) is 0 Å². The molecule has 4 nitrogen and oxygen atoms in total. The van der Waals surface area contributed by atoms with Gasteiger partial charge in [0.05, 0.1) is 21.2 Å². The fraction of sp³-hybridized carbons (Fsp3) is 0.667. The molecule has 102 valence electrons. The number of ether oxygens (including phenoxy) is 1. The zero-order valence-electron chi connectivity index (χ0n) is 11.7. The molecule has 0 radical (unpaired) electrons. The summed E-state index contributed by atoms with van der Waals surface area (Å²) in [5.74, 6) is 1.01. The standard InChI is InChI=1S/C12H21N3OSi.HI/c1-10(17(3,4)5)16-9-12-14-8-11(6-7-13)15(12)2;/h8,10H,6,9H2,1-5H3;1H. The van der Waals surface area contributed by atoms with Crippen molar-refractivity contribution >= 4 is 8.07 Å². The average Bonchev–Trinajstić information content (AvgIpc) is 2.56. The summed E-state index contributed by atoms with van der Waals surface area (Å²) in [6.07, 6.45) is 2.30. The van der Waals surface area contributed by atoms with Crippen molar-refractivity contribution in [2.75, 3.05) is 0 Å². The predicted octanol–water partition coefficient (Wildman–Crippen LogP) is -1.31. The molecule has 1 heterocycles. The predicted molar refractivity (Wildman–Crippen MR) is 68.9 cm³/mol. The zero-order chi connectivity index (χ0) is 13.1. The lowest BCUT2D eigenvalue weighted by Crippen LogP contribution is -3.00. The van der Waals surface area contributed by atoms with Crippen LogP contribution in [-0.2, 0) is 24.8 Å². The van der Waals surface area contributed by atoms with Gasteiger partial charge in [-0.3, -0.25) is 0 Å². The molecule has 18 heavy (non-hydrogen) atoms. The Morgan fingerprint density at radius 2 is 2.11 bits per heavy atom. The highest BCUT2D eigenvalue weighted by atomic mass is 127. The van der Waals surface area contributed by atoms with E-state index in [1.54, 1.807) is 0 Å². The lowest BCUT2D eigenvalue weighted by Gasteiger charge is -2.24. The first-order valence-electron chi connectivity index (χ1n) is 5.90. The fourth-order valence-corrected chi connectivity index (χ4v) is 1.96. The minimum Gasteiger partial charge on any atom is -1.00 e. The minimum atomic E-state index is -1.24. The summed E-state index contributed by atoms with van der Waals surface area (Å²) in [5.41, 5.74) is 1.32. The first-order valence-corrected chi connectivity index (χ1v) is 9.47. The molecule has 1 atom stereocenters. The van der Waals surface area contributed by atoms with Gasteiger partial charge in [-0.25, -0.2) is 9.55 Å². The molecule has 6 heteroatoms. The molecule has 0 aliphatic carbocycles. The maximum atomic E-state index is 8.68. The largest absolute Gasteiger partial charge is 1.00 e. The molecule has 0 saturated heterocycles. The van der Waals surface area contributed by atoms with E-state index in [4.69, 9.17) is 10.00 Å². The molecule has 0 aliphatic rings. The third-order valence-corrected chi connectivity index (χ3v) is 5.80. The van der Waals surface area contributed by atoms with Crippen molar-refractivity contribution in [2.45, 2.75) is 45.3 Å². The number of nitrogens with one attached hydrogen (secondary N) is 1. The van der Waals surface area contributed by atoms with Crippen molar-refractivity contribution in [3.8, 4) is 6.07 Å². The van der Waals surface area contributed by atoms with E-state index in [0.29, 0.717) is 18.8 Å². The van der Waals surface area contributed by atoms with E-state index < -0.39 is 8.07 Å². The van der Waals surface area contributed by atoms with Crippen LogP contribution < -0.4 is 28.5 Å². The number of nitrogens with zero attached hydrogens (tertiary/aromatic N) is 2. The summed E-state index contributed by atoms with van der Waals surface area (Å²) in [4.78, 5) is 3.17. The Labute approximate surface area is 127 Å². The van der Waals surface area contributed by atoms with Gasteiger partial charge in [0.15, 0.2) is 5.69 Å². The molecule has 1 aromatic heterocycles. The van der Waals surface area contributed by atoms with Gasteiger partial charge in [-0.2, -0.15) is 5.26 Å². The number of hydrogen-bond acceptors (Lipinski definition) is 2. The topological polar surface area (TPSA) is 52.7 Å². The quantitative estimate of drug-likeness (QED) is 0.393. The number of aromatic nitrogens is 2. The van der Waals surface area contributed by atoms with Crippen LogP contribution in [0.2, 0.25) is 19.6 Å². The number of H-pyrrole nitrogens is 1. The smallest absolute Gasteiger partial charge is 0.280 e. The first-order chi connectivity index (χ1) is 7.86. The molecule has 0 saturated carbocycles. The van der Waals surface area contributed by atoms with Gasteiger partial charge in [0.25, 0.3) is 5.82 Å². The Morgan fingerprint density at radius 1 is 1.50 bits per heavy atom. The van der Waals surface area contributed by atoms with Crippen molar-refractivity contribution < 1.29 is 33.3 Å². The third-order valence-electron chi connectivity index (χ3n) is 3.19. The highest BCUT2D eigenvalue weighted by molar-refractivity contribution is 6.77. The van der Waals surface area contributed by atoms with Gasteiger partial charge < -0.3 is 28.7 Å². The van der Waals surface area contributed by atoms with Crippen LogP contribution in [0.4, 0.5) is 0 Å². The first kappa shape index (κ1) is 17.6. The highest BCUT2D eigenvalue weighted by Gasteiger charge is 2.24. The van der Waals surface area contributed by atoms with Gasteiger partial charge in [-0.05, 0) is 6.92 Å². The second-order valence-electron chi connectivity index (χ2n) is 5.44. The Balaban J connectivity index is 0.00000289. The summed E-state index contributed by atoms with van der Waals surface area (Å²) in [5, 5.41) is 8.68. The average molecular weight is 379 g/mol. The van der Waals surface area contributed by atoms with Crippen LogP contribution >= 0.6 is 0 Å². The maximum absolute atomic E-state index is 8.68. The second kappa shape index (κ2) is 7.26. The molecule has 1 unspecified atom stereocenters. The van der Waals surface area contributed by atoms with E-state index in [-0.39, 0.29) is 24.0 Å². The second-order valence-corrected chi connectivity index (χ2v) is 11.0. The van der Waals surface area contributed by atoms with Crippen LogP contribution in [0.1, 0.15) is 18.4 Å². The molecule has 1 aromatic rings. The van der Waals surface area contributed by atoms with E-state index in [1.165, 1.54) is 0 Å². The minimum absolute atomic E-state index is 0. The van der Waals surface area contributed by atoms with E-state index in [0.717, 1.165) is 11.5 Å². The van der Waals surface area contributed by atoms with Crippen molar-refractivity contribution in [3.63, 3.8) is 0 Å². The van der Waals surface area contributed by atoms with Crippen LogP contribution in [0.5, 0.6) is 0 Å². The summed E-state index contributed by atoms with van der Waals surface area (Å²) < 4.78 is 7.89. The molecular formula is C12H22IN3OSi. The van der Waals surface area contributed by atoms with Crippen LogP contribution in [0.25, 0.3) is 0 Å². The molecule has 1 rings (SSSR count). The van der Waals surface area contributed by atoms with Gasteiger partial charge in [0, 0.05) is 5.73 Å². The van der Waals surface area contributed by atoms with Crippen LogP contribution in [-0.4, -0.2) is 18.8 Å². The number of halogens is 1. The molecule has 1 N–H and O–H groups in total. The fourth-order valence-electron chi connectivity index (χ4n) is 1.38. The number of aromatic amines is 1. The molecule has 0 fully saturated rings. The van der Waals surface area contributed by atoms with Gasteiger partial charge >= 0.3 is 0 Å².